The maximum atomic E-state index is 12.1. The molecule has 0 saturated carbocycles. The van der Waals surface area contributed by atoms with E-state index in [0.717, 1.165) is 10.0 Å². The second kappa shape index (κ2) is 5.54. The molecular formula is C13H12BrNO2S. The normalized spacial score (nSPS) is 10.2. The minimum absolute atomic E-state index is 0.138. The van der Waals surface area contributed by atoms with Gasteiger partial charge in [-0.05, 0) is 52.0 Å². The molecule has 94 valence electrons. The third kappa shape index (κ3) is 2.73. The standard InChI is InChI=1S/C13H12BrNO2S/c1-8-3-4-11(17-2)10(7-8)15-13(16)12-9(14)5-6-18-12/h3-7H,1-2H3,(H,15,16). The van der Waals surface area contributed by atoms with Gasteiger partial charge in [-0.25, -0.2) is 0 Å². The van der Waals surface area contributed by atoms with Crippen molar-refractivity contribution in [3.63, 3.8) is 0 Å². The molecule has 1 aromatic carbocycles. The van der Waals surface area contributed by atoms with Crippen molar-refractivity contribution < 1.29 is 9.53 Å². The van der Waals surface area contributed by atoms with E-state index in [1.807, 2.05) is 36.6 Å². The Kier molecular flexibility index (Phi) is 4.04. The van der Waals surface area contributed by atoms with E-state index in [0.29, 0.717) is 16.3 Å². The minimum Gasteiger partial charge on any atom is -0.495 e. The van der Waals surface area contributed by atoms with Crippen LogP contribution in [0.15, 0.2) is 34.1 Å². The van der Waals surface area contributed by atoms with E-state index in [1.54, 1.807) is 7.11 Å². The van der Waals surface area contributed by atoms with Crippen molar-refractivity contribution in [3.05, 3.63) is 44.6 Å². The fourth-order valence-corrected chi connectivity index (χ4v) is 3.00. The lowest BCUT2D eigenvalue weighted by Crippen LogP contribution is -2.11. The Hall–Kier alpha value is -1.33. The highest BCUT2D eigenvalue weighted by Gasteiger charge is 2.13. The minimum atomic E-state index is -0.138. The largest absolute Gasteiger partial charge is 0.495 e. The Balaban J connectivity index is 2.27. The molecule has 0 aliphatic carbocycles. The van der Waals surface area contributed by atoms with Gasteiger partial charge < -0.3 is 10.1 Å². The fourth-order valence-electron chi connectivity index (χ4n) is 1.55. The molecule has 1 N–H and O–H groups in total. The molecule has 1 amide bonds. The maximum absolute atomic E-state index is 12.1. The summed E-state index contributed by atoms with van der Waals surface area (Å²) >= 11 is 4.74. The monoisotopic (exact) mass is 325 g/mol. The number of anilines is 1. The molecule has 0 radical (unpaired) electrons. The van der Waals surface area contributed by atoms with E-state index < -0.39 is 0 Å². The Morgan fingerprint density at radius 2 is 2.17 bits per heavy atom. The molecule has 2 rings (SSSR count). The van der Waals surface area contributed by atoms with E-state index in [-0.39, 0.29) is 5.91 Å². The van der Waals surface area contributed by atoms with Crippen LogP contribution in [0.1, 0.15) is 15.2 Å². The van der Waals surface area contributed by atoms with Gasteiger partial charge in [0.05, 0.1) is 12.8 Å². The fraction of sp³-hybridized carbons (Fsp3) is 0.154. The highest BCUT2D eigenvalue weighted by Crippen LogP contribution is 2.28. The molecule has 0 aliphatic heterocycles. The van der Waals surface area contributed by atoms with Gasteiger partial charge in [0, 0.05) is 4.47 Å². The summed E-state index contributed by atoms with van der Waals surface area (Å²) in [6, 6.07) is 7.52. The van der Waals surface area contributed by atoms with Crippen molar-refractivity contribution >= 4 is 38.9 Å². The number of amides is 1. The second-order valence-corrected chi connectivity index (χ2v) is 5.53. The molecule has 3 nitrogen and oxygen atoms in total. The molecule has 2 aromatic rings. The lowest BCUT2D eigenvalue weighted by Gasteiger charge is -2.10. The molecule has 0 bridgehead atoms. The first kappa shape index (κ1) is 13.1. The zero-order valence-electron chi connectivity index (χ0n) is 9.99. The van der Waals surface area contributed by atoms with Gasteiger partial charge in [0.15, 0.2) is 0 Å². The van der Waals surface area contributed by atoms with Gasteiger partial charge in [0.1, 0.15) is 10.6 Å². The molecule has 0 aliphatic rings. The predicted octanol–water partition coefficient (Wildman–Crippen LogP) is 4.08. The number of aryl methyl sites for hydroxylation is 1. The van der Waals surface area contributed by atoms with Gasteiger partial charge >= 0.3 is 0 Å². The number of hydrogen-bond acceptors (Lipinski definition) is 3. The summed E-state index contributed by atoms with van der Waals surface area (Å²) in [4.78, 5) is 12.7. The van der Waals surface area contributed by atoms with Crippen molar-refractivity contribution in [2.45, 2.75) is 6.92 Å². The maximum Gasteiger partial charge on any atom is 0.266 e. The van der Waals surface area contributed by atoms with Gasteiger partial charge in [0.2, 0.25) is 0 Å². The summed E-state index contributed by atoms with van der Waals surface area (Å²) in [5, 5.41) is 4.73. The van der Waals surface area contributed by atoms with Gasteiger partial charge in [0.25, 0.3) is 5.91 Å². The molecule has 1 heterocycles. The van der Waals surface area contributed by atoms with Crippen molar-refractivity contribution in [1.82, 2.24) is 0 Å². The summed E-state index contributed by atoms with van der Waals surface area (Å²) in [6.07, 6.45) is 0. The van der Waals surface area contributed by atoms with Crippen LogP contribution in [0, 0.1) is 6.92 Å². The van der Waals surface area contributed by atoms with Crippen LogP contribution in [-0.4, -0.2) is 13.0 Å². The van der Waals surface area contributed by atoms with Gasteiger partial charge in [-0.2, -0.15) is 0 Å². The summed E-state index contributed by atoms with van der Waals surface area (Å²) in [7, 11) is 1.58. The van der Waals surface area contributed by atoms with Crippen molar-refractivity contribution in [1.29, 1.82) is 0 Å². The number of carbonyl (C=O) groups is 1. The van der Waals surface area contributed by atoms with Gasteiger partial charge in [-0.3, -0.25) is 4.79 Å². The topological polar surface area (TPSA) is 38.3 Å². The molecule has 0 saturated heterocycles. The van der Waals surface area contributed by atoms with E-state index in [4.69, 9.17) is 4.74 Å². The molecule has 0 spiro atoms. The molecule has 0 atom stereocenters. The van der Waals surface area contributed by atoms with E-state index in [2.05, 4.69) is 21.2 Å². The molecule has 18 heavy (non-hydrogen) atoms. The molecular weight excluding hydrogens is 314 g/mol. The molecule has 0 unspecified atom stereocenters. The number of carbonyl (C=O) groups excluding carboxylic acids is 1. The lowest BCUT2D eigenvalue weighted by atomic mass is 10.2. The predicted molar refractivity (Wildman–Crippen MR) is 77.7 cm³/mol. The number of ether oxygens (including phenoxy) is 1. The van der Waals surface area contributed by atoms with Gasteiger partial charge in [-0.15, -0.1) is 11.3 Å². The number of hydrogen-bond donors (Lipinski definition) is 1. The average molecular weight is 326 g/mol. The number of thiophene rings is 1. The van der Waals surface area contributed by atoms with E-state index in [1.165, 1.54) is 11.3 Å². The summed E-state index contributed by atoms with van der Waals surface area (Å²) in [6.45, 7) is 1.97. The van der Waals surface area contributed by atoms with E-state index in [9.17, 15) is 4.79 Å². The van der Waals surface area contributed by atoms with Crippen molar-refractivity contribution in [2.24, 2.45) is 0 Å². The van der Waals surface area contributed by atoms with E-state index >= 15 is 0 Å². The highest BCUT2D eigenvalue weighted by molar-refractivity contribution is 9.10. The Bertz CT molecular complexity index is 580. The Morgan fingerprint density at radius 1 is 1.39 bits per heavy atom. The molecule has 1 aromatic heterocycles. The first-order chi connectivity index (χ1) is 8.61. The zero-order valence-corrected chi connectivity index (χ0v) is 12.4. The smallest absolute Gasteiger partial charge is 0.266 e. The van der Waals surface area contributed by atoms with Crippen molar-refractivity contribution in [2.75, 3.05) is 12.4 Å². The Labute approximate surface area is 118 Å². The summed E-state index contributed by atoms with van der Waals surface area (Å²) < 4.78 is 6.03. The third-order valence-corrected chi connectivity index (χ3v) is 4.26. The van der Waals surface area contributed by atoms with Crippen molar-refractivity contribution in [3.8, 4) is 5.75 Å². The van der Waals surface area contributed by atoms with Crippen LogP contribution in [0.2, 0.25) is 0 Å². The lowest BCUT2D eigenvalue weighted by molar-refractivity contribution is 0.102. The molecule has 5 heteroatoms. The number of benzene rings is 1. The highest BCUT2D eigenvalue weighted by atomic mass is 79.9. The third-order valence-electron chi connectivity index (χ3n) is 2.43. The quantitative estimate of drug-likeness (QED) is 0.923. The van der Waals surface area contributed by atoms with Crippen LogP contribution >= 0.6 is 27.3 Å². The molecule has 0 fully saturated rings. The van der Waals surface area contributed by atoms with Crippen LogP contribution in [0.5, 0.6) is 5.75 Å². The first-order valence-corrected chi connectivity index (χ1v) is 6.98. The van der Waals surface area contributed by atoms with Crippen LogP contribution in [0.4, 0.5) is 5.69 Å². The zero-order chi connectivity index (χ0) is 13.1. The van der Waals surface area contributed by atoms with Gasteiger partial charge in [-0.1, -0.05) is 6.07 Å². The SMILES string of the molecule is COc1ccc(C)cc1NC(=O)c1sccc1Br. The van der Waals surface area contributed by atoms with Crippen LogP contribution in [0.25, 0.3) is 0 Å². The number of rotatable bonds is 3. The average Bonchev–Trinajstić information content (AvgIpc) is 2.76. The van der Waals surface area contributed by atoms with Crippen LogP contribution in [-0.2, 0) is 0 Å². The second-order valence-electron chi connectivity index (χ2n) is 3.76. The summed E-state index contributed by atoms with van der Waals surface area (Å²) in [5.74, 6) is 0.516. The van der Waals surface area contributed by atoms with Crippen LogP contribution < -0.4 is 10.1 Å². The number of methoxy groups -OCH3 is 1. The Morgan fingerprint density at radius 3 is 2.78 bits per heavy atom. The first-order valence-electron chi connectivity index (χ1n) is 5.31. The number of halogens is 1. The number of nitrogens with one attached hydrogen (secondary N) is 1. The summed E-state index contributed by atoms with van der Waals surface area (Å²) in [5.41, 5.74) is 1.75. The van der Waals surface area contributed by atoms with Crippen LogP contribution in [0.3, 0.4) is 0 Å².